The second-order valence-corrected chi connectivity index (χ2v) is 5.50. The van der Waals surface area contributed by atoms with Crippen LogP contribution in [0.4, 0.5) is 0 Å². The Morgan fingerprint density at radius 3 is 2.65 bits per heavy atom. The molecule has 23 heavy (non-hydrogen) atoms. The zero-order chi connectivity index (χ0) is 16.8. The van der Waals surface area contributed by atoms with Gasteiger partial charge in [-0.2, -0.15) is 0 Å². The van der Waals surface area contributed by atoms with Crippen LogP contribution in [-0.4, -0.2) is 46.4 Å². The topological polar surface area (TPSA) is 86.7 Å². The van der Waals surface area contributed by atoms with E-state index in [2.05, 4.69) is 5.32 Å². The van der Waals surface area contributed by atoms with E-state index in [1.165, 1.54) is 11.0 Å². The van der Waals surface area contributed by atoms with Crippen LogP contribution in [0.3, 0.4) is 0 Å². The van der Waals surface area contributed by atoms with Crippen molar-refractivity contribution >= 4 is 23.9 Å². The number of carbonyl (C=O) groups excluding carboxylic acids is 2. The summed E-state index contributed by atoms with van der Waals surface area (Å²) in [4.78, 5) is 36.6. The number of carboxylic acid groups (broad SMARTS) is 1. The number of nitrogens with one attached hydrogen (secondary N) is 1. The molecular weight excluding hydrogens is 296 g/mol. The molecule has 2 N–H and O–H groups in total. The predicted octanol–water partition coefficient (Wildman–Crippen LogP) is 1.28. The zero-order valence-corrected chi connectivity index (χ0v) is 12.9. The summed E-state index contributed by atoms with van der Waals surface area (Å²) in [7, 11) is 0. The third-order valence-corrected chi connectivity index (χ3v) is 3.78. The van der Waals surface area contributed by atoms with Crippen LogP contribution in [0.25, 0.3) is 6.08 Å². The van der Waals surface area contributed by atoms with Crippen molar-refractivity contribution in [3.63, 3.8) is 0 Å². The first-order valence-electron chi connectivity index (χ1n) is 7.56. The van der Waals surface area contributed by atoms with Crippen LogP contribution in [0.15, 0.2) is 36.4 Å². The van der Waals surface area contributed by atoms with Crippen LogP contribution < -0.4 is 5.32 Å². The van der Waals surface area contributed by atoms with Crippen LogP contribution >= 0.6 is 0 Å². The van der Waals surface area contributed by atoms with Gasteiger partial charge < -0.3 is 15.3 Å². The number of rotatable bonds is 5. The second kappa shape index (κ2) is 7.58. The molecular formula is C17H20N2O4. The Hall–Kier alpha value is -2.63. The SMILES string of the molecule is CC(NC(=O)C=Cc1ccccc1)C(=O)N1CCC[C@H]1C(=O)O. The summed E-state index contributed by atoms with van der Waals surface area (Å²) in [5, 5.41) is 11.7. The minimum atomic E-state index is -1.00. The normalized spacial score (nSPS) is 18.8. The molecule has 1 saturated heterocycles. The average Bonchev–Trinajstić information content (AvgIpc) is 3.03. The molecule has 2 rings (SSSR count). The first-order valence-corrected chi connectivity index (χ1v) is 7.56. The van der Waals surface area contributed by atoms with Crippen molar-refractivity contribution in [2.75, 3.05) is 6.54 Å². The van der Waals surface area contributed by atoms with Gasteiger partial charge in [0.25, 0.3) is 0 Å². The van der Waals surface area contributed by atoms with Crippen LogP contribution in [0, 0.1) is 0 Å². The van der Waals surface area contributed by atoms with Crippen molar-refractivity contribution in [2.24, 2.45) is 0 Å². The lowest BCUT2D eigenvalue weighted by molar-refractivity contribution is -0.149. The Balaban J connectivity index is 1.91. The first-order chi connectivity index (χ1) is 11.0. The van der Waals surface area contributed by atoms with E-state index < -0.39 is 18.1 Å². The van der Waals surface area contributed by atoms with E-state index in [-0.39, 0.29) is 11.8 Å². The van der Waals surface area contributed by atoms with Crippen LogP contribution in [0.1, 0.15) is 25.3 Å². The van der Waals surface area contributed by atoms with Crippen LogP contribution in [-0.2, 0) is 14.4 Å². The molecule has 0 aromatic heterocycles. The van der Waals surface area contributed by atoms with E-state index >= 15 is 0 Å². The quantitative estimate of drug-likeness (QED) is 0.801. The largest absolute Gasteiger partial charge is 0.480 e. The van der Waals surface area contributed by atoms with Crippen molar-refractivity contribution in [2.45, 2.75) is 31.8 Å². The Labute approximate surface area is 134 Å². The number of carboxylic acids is 1. The van der Waals surface area contributed by atoms with Crippen molar-refractivity contribution < 1.29 is 19.5 Å². The highest BCUT2D eigenvalue weighted by molar-refractivity contribution is 5.96. The number of nitrogens with zero attached hydrogens (tertiary/aromatic N) is 1. The van der Waals surface area contributed by atoms with Gasteiger partial charge in [0.05, 0.1) is 0 Å². The Morgan fingerprint density at radius 2 is 2.00 bits per heavy atom. The third-order valence-electron chi connectivity index (χ3n) is 3.78. The second-order valence-electron chi connectivity index (χ2n) is 5.50. The predicted molar refractivity (Wildman–Crippen MR) is 85.5 cm³/mol. The van der Waals surface area contributed by atoms with Crippen molar-refractivity contribution in [3.8, 4) is 0 Å². The fourth-order valence-corrected chi connectivity index (χ4v) is 2.60. The number of hydrogen-bond donors (Lipinski definition) is 2. The molecule has 1 aliphatic heterocycles. The maximum atomic E-state index is 12.3. The lowest BCUT2D eigenvalue weighted by atomic mass is 10.2. The molecule has 0 radical (unpaired) electrons. The summed E-state index contributed by atoms with van der Waals surface area (Å²) in [6.07, 6.45) is 4.13. The Morgan fingerprint density at radius 1 is 1.30 bits per heavy atom. The minimum absolute atomic E-state index is 0.364. The fourth-order valence-electron chi connectivity index (χ4n) is 2.60. The Kier molecular flexibility index (Phi) is 5.51. The zero-order valence-electron chi connectivity index (χ0n) is 12.9. The van der Waals surface area contributed by atoms with Gasteiger partial charge in [-0.25, -0.2) is 4.79 Å². The van der Waals surface area contributed by atoms with Crippen LogP contribution in [0.5, 0.6) is 0 Å². The third kappa shape index (κ3) is 4.42. The van der Waals surface area contributed by atoms with Crippen molar-refractivity contribution in [1.82, 2.24) is 10.2 Å². The molecule has 1 heterocycles. The molecule has 6 heteroatoms. The maximum Gasteiger partial charge on any atom is 0.326 e. The lowest BCUT2D eigenvalue weighted by Crippen LogP contribution is -2.50. The van der Waals surface area contributed by atoms with Gasteiger partial charge in [-0.3, -0.25) is 9.59 Å². The summed E-state index contributed by atoms with van der Waals surface area (Å²) >= 11 is 0. The summed E-state index contributed by atoms with van der Waals surface area (Å²) in [6.45, 7) is 1.98. The molecule has 1 unspecified atom stereocenters. The first kappa shape index (κ1) is 16.7. The smallest absolute Gasteiger partial charge is 0.326 e. The molecule has 0 bridgehead atoms. The fraction of sp³-hybridized carbons (Fsp3) is 0.353. The lowest BCUT2D eigenvalue weighted by Gasteiger charge is -2.25. The van der Waals surface area contributed by atoms with E-state index in [1.807, 2.05) is 30.3 Å². The van der Waals surface area contributed by atoms with E-state index in [1.54, 1.807) is 13.0 Å². The number of hydrogen-bond acceptors (Lipinski definition) is 3. The molecule has 0 saturated carbocycles. The van der Waals surface area contributed by atoms with Gasteiger partial charge in [-0.05, 0) is 31.4 Å². The number of amides is 2. The van der Waals surface area contributed by atoms with Crippen molar-refractivity contribution in [3.05, 3.63) is 42.0 Å². The van der Waals surface area contributed by atoms with Gasteiger partial charge in [0.2, 0.25) is 11.8 Å². The molecule has 122 valence electrons. The highest BCUT2D eigenvalue weighted by Crippen LogP contribution is 2.18. The average molecular weight is 316 g/mol. The molecule has 2 amide bonds. The van der Waals surface area contributed by atoms with E-state index in [0.717, 1.165) is 5.56 Å². The van der Waals surface area contributed by atoms with Gasteiger partial charge in [-0.1, -0.05) is 30.3 Å². The number of likely N-dealkylation sites (tertiary alicyclic amines) is 1. The van der Waals surface area contributed by atoms with Crippen molar-refractivity contribution in [1.29, 1.82) is 0 Å². The van der Waals surface area contributed by atoms with E-state index in [4.69, 9.17) is 5.11 Å². The standard InChI is InChI=1S/C17H20N2O4/c1-12(16(21)19-11-5-8-14(19)17(22)23)18-15(20)10-9-13-6-3-2-4-7-13/h2-4,6-7,9-10,12,14H,5,8,11H2,1H3,(H,18,20)(H,22,23)/t12?,14-/m0/s1. The molecule has 1 fully saturated rings. The van der Waals surface area contributed by atoms with E-state index in [9.17, 15) is 14.4 Å². The highest BCUT2D eigenvalue weighted by atomic mass is 16.4. The monoisotopic (exact) mass is 316 g/mol. The highest BCUT2D eigenvalue weighted by Gasteiger charge is 2.35. The summed E-state index contributed by atoms with van der Waals surface area (Å²) in [6, 6.07) is 7.78. The maximum absolute atomic E-state index is 12.3. The van der Waals surface area contributed by atoms with E-state index in [0.29, 0.717) is 19.4 Å². The number of carbonyl (C=O) groups is 3. The van der Waals surface area contributed by atoms with Crippen LogP contribution in [0.2, 0.25) is 0 Å². The summed E-state index contributed by atoms with van der Waals surface area (Å²) < 4.78 is 0. The molecule has 1 aromatic rings. The van der Waals surface area contributed by atoms with Gasteiger partial charge in [0.15, 0.2) is 0 Å². The number of benzene rings is 1. The Bertz CT molecular complexity index is 612. The minimum Gasteiger partial charge on any atom is -0.480 e. The molecule has 1 aliphatic rings. The van der Waals surface area contributed by atoms with Gasteiger partial charge in [0, 0.05) is 12.6 Å². The number of aliphatic carboxylic acids is 1. The molecule has 0 aliphatic carbocycles. The molecule has 6 nitrogen and oxygen atoms in total. The summed E-state index contributed by atoms with van der Waals surface area (Å²) in [5.74, 6) is -1.75. The van der Waals surface area contributed by atoms with Gasteiger partial charge in [0.1, 0.15) is 12.1 Å². The van der Waals surface area contributed by atoms with Gasteiger partial charge >= 0.3 is 5.97 Å². The molecule has 1 aromatic carbocycles. The van der Waals surface area contributed by atoms with Gasteiger partial charge in [-0.15, -0.1) is 0 Å². The molecule has 2 atom stereocenters. The summed E-state index contributed by atoms with van der Waals surface area (Å²) in [5.41, 5.74) is 0.882. The molecule has 0 spiro atoms.